The van der Waals surface area contributed by atoms with E-state index in [4.69, 9.17) is 16.7 Å². The third kappa shape index (κ3) is 4.56. The molecule has 0 aromatic heterocycles. The minimum Gasteiger partial charge on any atom is -0.480 e. The number of aliphatic carboxylic acids is 1. The second-order valence-corrected chi connectivity index (χ2v) is 7.04. The molecule has 8 heteroatoms. The van der Waals surface area contributed by atoms with Gasteiger partial charge in [0.15, 0.2) is 0 Å². The summed E-state index contributed by atoms with van der Waals surface area (Å²) in [4.78, 5) is 15.0. The highest BCUT2D eigenvalue weighted by Crippen LogP contribution is 2.15. The minimum absolute atomic E-state index is 0.00138. The zero-order valence-electron chi connectivity index (χ0n) is 12.7. The van der Waals surface area contributed by atoms with Gasteiger partial charge in [-0.1, -0.05) is 41.9 Å². The summed E-state index contributed by atoms with van der Waals surface area (Å²) in [5.74, 6) is -1.20. The number of hydrogen-bond acceptors (Lipinski definition) is 4. The molecule has 0 heterocycles. The van der Waals surface area contributed by atoms with Crippen LogP contribution in [-0.4, -0.2) is 31.4 Å². The van der Waals surface area contributed by atoms with E-state index in [1.807, 2.05) is 0 Å². The number of carbonyl (C=O) groups is 1. The van der Waals surface area contributed by atoms with Gasteiger partial charge in [0.25, 0.3) is 10.0 Å². The molecule has 6 nitrogen and oxygen atoms in total. The summed E-state index contributed by atoms with van der Waals surface area (Å²) in [5.41, 5.74) is 0.461. The summed E-state index contributed by atoms with van der Waals surface area (Å²) in [5, 5.41) is 9.43. The lowest BCUT2D eigenvalue weighted by atomic mass is 10.2. The predicted octanol–water partition coefficient (Wildman–Crippen LogP) is 2.54. The number of carboxylic acid groups (broad SMARTS) is 1. The number of halogens is 1. The van der Waals surface area contributed by atoms with Gasteiger partial charge < -0.3 is 5.11 Å². The molecule has 1 atom stereocenters. The number of nitrogens with one attached hydrogen (secondary N) is 1. The second-order valence-electron chi connectivity index (χ2n) is 4.92. The second kappa shape index (κ2) is 7.46. The van der Waals surface area contributed by atoms with Crippen molar-refractivity contribution in [1.29, 1.82) is 0 Å². The summed E-state index contributed by atoms with van der Waals surface area (Å²) >= 11 is 5.76. The van der Waals surface area contributed by atoms with Gasteiger partial charge in [-0.05, 0) is 31.2 Å². The van der Waals surface area contributed by atoms with Crippen LogP contribution in [0, 0.1) is 0 Å². The molecular formula is C16H15ClN2O4S. The molecule has 0 radical (unpaired) electrons. The van der Waals surface area contributed by atoms with E-state index in [1.54, 1.807) is 30.3 Å². The molecule has 0 amide bonds. The summed E-state index contributed by atoms with van der Waals surface area (Å²) in [6.45, 7) is 1.36. The molecular weight excluding hydrogens is 352 g/mol. The Bertz CT molecular complexity index is 849. The number of aliphatic imine (C=N–C) groups is 1. The van der Waals surface area contributed by atoms with Gasteiger partial charge in [0.05, 0.1) is 4.90 Å². The van der Waals surface area contributed by atoms with Crippen molar-refractivity contribution >= 4 is 33.4 Å². The molecule has 0 aliphatic carbocycles. The smallest absolute Gasteiger partial charge is 0.328 e. The van der Waals surface area contributed by atoms with E-state index in [2.05, 4.69) is 9.71 Å². The highest BCUT2D eigenvalue weighted by Gasteiger charge is 2.19. The van der Waals surface area contributed by atoms with E-state index in [9.17, 15) is 13.2 Å². The van der Waals surface area contributed by atoms with Crippen LogP contribution in [0.2, 0.25) is 5.02 Å². The Labute approximate surface area is 144 Å². The Morgan fingerprint density at radius 2 is 1.71 bits per heavy atom. The largest absolute Gasteiger partial charge is 0.480 e. The number of carboxylic acids is 1. The van der Waals surface area contributed by atoms with E-state index < -0.39 is 22.0 Å². The molecule has 2 aromatic carbocycles. The first kappa shape index (κ1) is 18.0. The van der Waals surface area contributed by atoms with Crippen LogP contribution < -0.4 is 4.72 Å². The molecule has 0 bridgehead atoms. The van der Waals surface area contributed by atoms with Crippen molar-refractivity contribution in [3.8, 4) is 0 Å². The highest BCUT2D eigenvalue weighted by molar-refractivity contribution is 7.90. The van der Waals surface area contributed by atoms with Crippen molar-refractivity contribution < 1.29 is 18.3 Å². The average Bonchev–Trinajstić information content (AvgIpc) is 2.55. The topological polar surface area (TPSA) is 95.8 Å². The van der Waals surface area contributed by atoms with E-state index in [0.29, 0.717) is 10.6 Å². The Hall–Kier alpha value is -2.38. The standard InChI is InChI=1S/C16H15ClN2O4S/c1-11(16(20)21)18-15(12-5-3-2-4-6-12)19-24(22,23)14-9-7-13(17)8-10-14/h2-11H,1H3,(H,18,19)(H,20,21)/t11-/m0/s1. The van der Waals surface area contributed by atoms with Crippen LogP contribution in [0.25, 0.3) is 0 Å². The lowest BCUT2D eigenvalue weighted by Gasteiger charge is -2.13. The number of rotatable bonds is 5. The van der Waals surface area contributed by atoms with Gasteiger partial charge in [-0.15, -0.1) is 0 Å². The van der Waals surface area contributed by atoms with Crippen LogP contribution in [0.3, 0.4) is 0 Å². The van der Waals surface area contributed by atoms with E-state index in [-0.39, 0.29) is 10.7 Å². The van der Waals surface area contributed by atoms with Gasteiger partial charge >= 0.3 is 5.97 Å². The molecule has 0 aliphatic heterocycles. The minimum atomic E-state index is -3.93. The molecule has 2 N–H and O–H groups in total. The monoisotopic (exact) mass is 366 g/mol. The average molecular weight is 367 g/mol. The van der Waals surface area contributed by atoms with Gasteiger partial charge in [-0.3, -0.25) is 9.71 Å². The van der Waals surface area contributed by atoms with Crippen molar-refractivity contribution in [3.05, 3.63) is 65.2 Å². The predicted molar refractivity (Wildman–Crippen MR) is 91.9 cm³/mol. The van der Waals surface area contributed by atoms with E-state index in [0.717, 1.165) is 0 Å². The molecule has 0 unspecified atom stereocenters. The van der Waals surface area contributed by atoms with Gasteiger partial charge in [0.1, 0.15) is 11.9 Å². The number of amidine groups is 1. The van der Waals surface area contributed by atoms with Crippen LogP contribution in [0.4, 0.5) is 0 Å². The van der Waals surface area contributed by atoms with Gasteiger partial charge in [0.2, 0.25) is 0 Å². The maximum Gasteiger partial charge on any atom is 0.328 e. The first-order valence-electron chi connectivity index (χ1n) is 6.94. The number of sulfonamides is 1. The van der Waals surface area contributed by atoms with Crippen LogP contribution in [0.5, 0.6) is 0 Å². The SMILES string of the molecule is C[C@H](N=C(NS(=O)(=O)c1ccc(Cl)cc1)c1ccccc1)C(=O)O. The molecule has 2 aromatic rings. The summed E-state index contributed by atoms with van der Waals surface area (Å²) in [7, 11) is -3.93. The number of nitrogens with zero attached hydrogens (tertiary/aromatic N) is 1. The van der Waals surface area contributed by atoms with Crippen LogP contribution in [0.1, 0.15) is 12.5 Å². The maximum atomic E-state index is 12.5. The van der Waals surface area contributed by atoms with Crippen LogP contribution in [-0.2, 0) is 14.8 Å². The summed E-state index contributed by atoms with van der Waals surface area (Å²) in [6, 6.07) is 12.9. The van der Waals surface area contributed by atoms with Crippen molar-refractivity contribution in [3.63, 3.8) is 0 Å². The summed E-state index contributed by atoms with van der Waals surface area (Å²) < 4.78 is 27.3. The van der Waals surface area contributed by atoms with Crippen molar-refractivity contribution in [2.24, 2.45) is 4.99 Å². The van der Waals surface area contributed by atoms with Crippen molar-refractivity contribution in [2.45, 2.75) is 17.9 Å². The third-order valence-corrected chi connectivity index (χ3v) is 4.69. The Balaban J connectivity index is 2.41. The zero-order valence-corrected chi connectivity index (χ0v) is 14.3. The number of hydrogen-bond donors (Lipinski definition) is 2. The van der Waals surface area contributed by atoms with E-state index >= 15 is 0 Å². The van der Waals surface area contributed by atoms with Gasteiger partial charge in [-0.25, -0.2) is 13.2 Å². The maximum absolute atomic E-state index is 12.5. The molecule has 2 rings (SSSR count). The fraction of sp³-hybridized carbons (Fsp3) is 0.125. The Morgan fingerprint density at radius 1 is 1.12 bits per heavy atom. The highest BCUT2D eigenvalue weighted by atomic mass is 35.5. The molecule has 0 spiro atoms. The van der Waals surface area contributed by atoms with Crippen LogP contribution in [0.15, 0.2) is 64.5 Å². The zero-order chi connectivity index (χ0) is 17.7. The van der Waals surface area contributed by atoms with Gasteiger partial charge in [-0.2, -0.15) is 0 Å². The van der Waals surface area contributed by atoms with Gasteiger partial charge in [0, 0.05) is 10.6 Å². The first-order chi connectivity index (χ1) is 11.3. The van der Waals surface area contributed by atoms with E-state index in [1.165, 1.54) is 31.2 Å². The first-order valence-corrected chi connectivity index (χ1v) is 8.80. The Kier molecular flexibility index (Phi) is 5.58. The third-order valence-electron chi connectivity index (χ3n) is 3.08. The Morgan fingerprint density at radius 3 is 2.25 bits per heavy atom. The lowest BCUT2D eigenvalue weighted by molar-refractivity contribution is -0.137. The molecule has 0 saturated heterocycles. The quantitative estimate of drug-likeness (QED) is 0.627. The summed E-state index contributed by atoms with van der Waals surface area (Å²) in [6.07, 6.45) is 0. The molecule has 0 saturated carbocycles. The molecule has 126 valence electrons. The molecule has 24 heavy (non-hydrogen) atoms. The van der Waals surface area contributed by atoms with Crippen LogP contribution >= 0.6 is 11.6 Å². The molecule has 0 aliphatic rings. The fourth-order valence-electron chi connectivity index (χ4n) is 1.80. The normalized spacial score (nSPS) is 13.3. The van der Waals surface area contributed by atoms with Crippen molar-refractivity contribution in [1.82, 2.24) is 4.72 Å². The fourth-order valence-corrected chi connectivity index (χ4v) is 2.97. The molecule has 0 fully saturated rings. The number of benzene rings is 2. The lowest BCUT2D eigenvalue weighted by Crippen LogP contribution is -2.33. The van der Waals surface area contributed by atoms with Crippen molar-refractivity contribution in [2.75, 3.05) is 0 Å².